The molecule has 150 valence electrons. The first-order valence-corrected chi connectivity index (χ1v) is 9.25. The number of hydrogen-bond donors (Lipinski definition) is 3. The average molecular weight is 382 g/mol. The molecule has 0 bridgehead atoms. The summed E-state index contributed by atoms with van der Waals surface area (Å²) in [6.45, 7) is 4.89. The van der Waals surface area contributed by atoms with E-state index in [1.807, 2.05) is 18.7 Å². The minimum Gasteiger partial charge on any atom is -0.351 e. The van der Waals surface area contributed by atoms with E-state index in [4.69, 9.17) is 5.73 Å². The Labute approximate surface area is 158 Å². The van der Waals surface area contributed by atoms with Crippen molar-refractivity contribution < 1.29 is 18.4 Å². The summed E-state index contributed by atoms with van der Waals surface area (Å²) in [5, 5.41) is 5.39. The first-order chi connectivity index (χ1) is 12.8. The monoisotopic (exact) mass is 382 g/mol. The van der Waals surface area contributed by atoms with E-state index >= 15 is 0 Å². The molecular formula is C19H28F2N4O2. The number of nitrogens with two attached hydrogens (primary N) is 1. The molecule has 1 aromatic carbocycles. The molecule has 0 aromatic heterocycles. The molecule has 1 aliphatic heterocycles. The first kappa shape index (κ1) is 21.2. The zero-order valence-corrected chi connectivity index (χ0v) is 15.8. The third kappa shape index (κ3) is 6.25. The van der Waals surface area contributed by atoms with Gasteiger partial charge in [0.15, 0.2) is 0 Å². The number of piperidine rings is 1. The lowest BCUT2D eigenvalue weighted by atomic mass is 10.0. The van der Waals surface area contributed by atoms with Gasteiger partial charge >= 0.3 is 0 Å². The van der Waals surface area contributed by atoms with Crippen LogP contribution in [0.4, 0.5) is 8.78 Å². The predicted molar refractivity (Wildman–Crippen MR) is 98.6 cm³/mol. The number of nitrogens with one attached hydrogen (secondary N) is 2. The van der Waals surface area contributed by atoms with Crippen molar-refractivity contribution in [2.45, 2.75) is 45.3 Å². The Morgan fingerprint density at radius 1 is 1.30 bits per heavy atom. The second-order valence-corrected chi connectivity index (χ2v) is 7.33. The van der Waals surface area contributed by atoms with E-state index in [0.29, 0.717) is 13.1 Å². The quantitative estimate of drug-likeness (QED) is 0.660. The molecule has 0 aliphatic carbocycles. The van der Waals surface area contributed by atoms with Crippen LogP contribution in [0.5, 0.6) is 0 Å². The second-order valence-electron chi connectivity index (χ2n) is 7.33. The Kier molecular flexibility index (Phi) is 7.67. The maximum Gasteiger partial charge on any atom is 0.239 e. The van der Waals surface area contributed by atoms with Crippen LogP contribution < -0.4 is 16.4 Å². The van der Waals surface area contributed by atoms with Crippen LogP contribution >= 0.6 is 0 Å². The van der Waals surface area contributed by atoms with E-state index in [1.165, 1.54) is 18.2 Å². The van der Waals surface area contributed by atoms with Gasteiger partial charge < -0.3 is 16.4 Å². The smallest absolute Gasteiger partial charge is 0.239 e. The highest BCUT2D eigenvalue weighted by Crippen LogP contribution is 2.18. The molecule has 1 aliphatic rings. The van der Waals surface area contributed by atoms with Crippen molar-refractivity contribution in [3.63, 3.8) is 0 Å². The van der Waals surface area contributed by atoms with E-state index in [1.54, 1.807) is 0 Å². The fraction of sp³-hybridized carbons (Fsp3) is 0.579. The van der Waals surface area contributed by atoms with Gasteiger partial charge in [0.2, 0.25) is 11.8 Å². The predicted octanol–water partition coefficient (Wildman–Crippen LogP) is 1.14. The van der Waals surface area contributed by atoms with Gasteiger partial charge in [0, 0.05) is 24.7 Å². The lowest BCUT2D eigenvalue weighted by Gasteiger charge is -2.33. The fourth-order valence-electron chi connectivity index (χ4n) is 3.09. The third-order valence-corrected chi connectivity index (χ3v) is 4.76. The summed E-state index contributed by atoms with van der Waals surface area (Å²) >= 11 is 0. The van der Waals surface area contributed by atoms with E-state index in [9.17, 15) is 18.4 Å². The van der Waals surface area contributed by atoms with Gasteiger partial charge in [-0.3, -0.25) is 14.5 Å². The van der Waals surface area contributed by atoms with Crippen molar-refractivity contribution in [2.24, 2.45) is 11.7 Å². The summed E-state index contributed by atoms with van der Waals surface area (Å²) < 4.78 is 27.6. The minimum absolute atomic E-state index is 0.0151. The van der Waals surface area contributed by atoms with Crippen LogP contribution in [0, 0.1) is 17.6 Å². The van der Waals surface area contributed by atoms with Gasteiger partial charge in [-0.2, -0.15) is 0 Å². The van der Waals surface area contributed by atoms with E-state index in [0.717, 1.165) is 12.8 Å². The Bertz CT molecular complexity index is 649. The lowest BCUT2D eigenvalue weighted by molar-refractivity contribution is -0.127. The van der Waals surface area contributed by atoms with Crippen LogP contribution in [0.1, 0.15) is 32.3 Å². The number of likely N-dealkylation sites (tertiary alicyclic amines) is 1. The van der Waals surface area contributed by atoms with Crippen LogP contribution in [0.3, 0.4) is 0 Å². The van der Waals surface area contributed by atoms with Crippen molar-refractivity contribution in [1.82, 2.24) is 15.5 Å². The molecule has 1 saturated heterocycles. The maximum absolute atomic E-state index is 13.8. The third-order valence-electron chi connectivity index (χ3n) is 4.76. The molecule has 1 fully saturated rings. The van der Waals surface area contributed by atoms with E-state index in [-0.39, 0.29) is 42.4 Å². The van der Waals surface area contributed by atoms with Gasteiger partial charge in [-0.15, -0.1) is 0 Å². The molecule has 1 unspecified atom stereocenters. The van der Waals surface area contributed by atoms with Crippen molar-refractivity contribution in [3.8, 4) is 0 Å². The number of carbonyl (C=O) groups excluding carboxylic acids is 2. The van der Waals surface area contributed by atoms with E-state index in [2.05, 4.69) is 10.6 Å². The summed E-state index contributed by atoms with van der Waals surface area (Å²) in [6.07, 6.45) is 1.59. The molecule has 27 heavy (non-hydrogen) atoms. The van der Waals surface area contributed by atoms with Gasteiger partial charge in [-0.25, -0.2) is 8.78 Å². The average Bonchev–Trinajstić information content (AvgIpc) is 2.62. The highest BCUT2D eigenvalue weighted by Gasteiger charge is 2.24. The number of halogens is 2. The largest absolute Gasteiger partial charge is 0.351 e. The number of hydrogen-bond acceptors (Lipinski definition) is 4. The van der Waals surface area contributed by atoms with Crippen molar-refractivity contribution in [3.05, 3.63) is 35.4 Å². The summed E-state index contributed by atoms with van der Waals surface area (Å²) in [4.78, 5) is 25.8. The molecule has 1 heterocycles. The number of benzene rings is 1. The van der Waals surface area contributed by atoms with Gasteiger partial charge in [-0.05, 0) is 37.4 Å². The maximum atomic E-state index is 13.8. The Morgan fingerprint density at radius 3 is 2.59 bits per heavy atom. The number of amides is 2. The topological polar surface area (TPSA) is 87.5 Å². The molecule has 0 saturated carbocycles. The molecule has 4 N–H and O–H groups in total. The van der Waals surface area contributed by atoms with Crippen LogP contribution in [-0.4, -0.2) is 48.4 Å². The normalized spacial score (nSPS) is 19.0. The van der Waals surface area contributed by atoms with Crippen LogP contribution in [-0.2, 0) is 16.1 Å². The lowest BCUT2D eigenvalue weighted by Crippen LogP contribution is -2.51. The molecule has 6 nitrogen and oxygen atoms in total. The molecule has 0 spiro atoms. The fourth-order valence-corrected chi connectivity index (χ4v) is 3.09. The highest BCUT2D eigenvalue weighted by atomic mass is 19.1. The highest BCUT2D eigenvalue weighted by molar-refractivity contribution is 5.87. The van der Waals surface area contributed by atoms with Gasteiger partial charge in [0.1, 0.15) is 11.6 Å². The number of carbonyl (C=O) groups is 2. The summed E-state index contributed by atoms with van der Waals surface area (Å²) in [5.74, 6) is -1.81. The summed E-state index contributed by atoms with van der Waals surface area (Å²) in [6, 6.07) is 3.04. The molecular weight excluding hydrogens is 354 g/mol. The first-order valence-electron chi connectivity index (χ1n) is 9.25. The second kappa shape index (κ2) is 9.75. The molecule has 1 aromatic rings. The van der Waals surface area contributed by atoms with Gasteiger partial charge in [0.25, 0.3) is 0 Å². The summed E-state index contributed by atoms with van der Waals surface area (Å²) in [5.41, 5.74) is 5.78. The molecule has 2 rings (SSSR count). The Hall–Kier alpha value is -2.06. The van der Waals surface area contributed by atoms with Crippen molar-refractivity contribution in [2.75, 3.05) is 19.6 Å². The summed E-state index contributed by atoms with van der Waals surface area (Å²) in [7, 11) is 0. The molecule has 8 heteroatoms. The minimum atomic E-state index is -0.654. The number of rotatable bonds is 7. The zero-order chi connectivity index (χ0) is 20.0. The van der Waals surface area contributed by atoms with Gasteiger partial charge in [-0.1, -0.05) is 19.9 Å². The van der Waals surface area contributed by atoms with Crippen molar-refractivity contribution >= 4 is 11.8 Å². The van der Waals surface area contributed by atoms with Crippen molar-refractivity contribution in [1.29, 1.82) is 0 Å². The Balaban J connectivity index is 1.82. The zero-order valence-electron chi connectivity index (χ0n) is 15.8. The Morgan fingerprint density at radius 2 is 1.96 bits per heavy atom. The SMILES string of the molecule is CC(C)[C@H](N)C(=O)NCC(=O)NC1CCCN(Cc2c(F)cccc2F)C1. The molecule has 2 atom stereocenters. The van der Waals surface area contributed by atoms with E-state index < -0.39 is 17.7 Å². The van der Waals surface area contributed by atoms with Crippen LogP contribution in [0.25, 0.3) is 0 Å². The van der Waals surface area contributed by atoms with Gasteiger partial charge in [0.05, 0.1) is 12.6 Å². The van der Waals surface area contributed by atoms with Crippen LogP contribution in [0.2, 0.25) is 0 Å². The molecule has 0 radical (unpaired) electrons. The molecule has 2 amide bonds. The standard InChI is InChI=1S/C19H28F2N4O2/c1-12(2)18(22)19(27)23-9-17(26)24-13-5-4-8-25(10-13)11-14-15(20)6-3-7-16(14)21/h3,6-7,12-13,18H,4-5,8-11,22H2,1-2H3,(H,23,27)(H,24,26)/t13?,18-/m0/s1. The van der Waals surface area contributed by atoms with Crippen LogP contribution in [0.15, 0.2) is 18.2 Å². The number of nitrogens with zero attached hydrogens (tertiary/aromatic N) is 1.